The van der Waals surface area contributed by atoms with Crippen molar-refractivity contribution in [2.45, 2.75) is 12.0 Å². The third kappa shape index (κ3) is 1.52. The van der Waals surface area contributed by atoms with Gasteiger partial charge in [0.2, 0.25) is 0 Å². The summed E-state index contributed by atoms with van der Waals surface area (Å²) >= 11 is 0. The van der Waals surface area contributed by atoms with Crippen LogP contribution in [-0.2, 0) is 10.3 Å². The Labute approximate surface area is 95.8 Å². The summed E-state index contributed by atoms with van der Waals surface area (Å²) in [6.45, 7) is 0.876. The van der Waals surface area contributed by atoms with Crippen molar-refractivity contribution in [1.82, 2.24) is 9.97 Å². The fourth-order valence-corrected chi connectivity index (χ4v) is 2.02. The molecule has 0 radical (unpaired) electrons. The molecule has 1 aliphatic rings. The molecule has 0 amide bonds. The zero-order valence-electron chi connectivity index (χ0n) is 8.96. The molecule has 1 aromatic carbocycles. The first-order chi connectivity index (χ1) is 8.10. The Morgan fingerprint density at radius 1 is 1.41 bits per heavy atom. The summed E-state index contributed by atoms with van der Waals surface area (Å²) < 4.78 is 31.8. The molecule has 2 aromatic rings. The van der Waals surface area contributed by atoms with E-state index in [0.717, 1.165) is 6.07 Å². The molecular weight excluding hydrogens is 228 g/mol. The van der Waals surface area contributed by atoms with Crippen LogP contribution in [0.5, 0.6) is 0 Å². The number of aromatic nitrogens is 2. The SMILES string of the molecule is NC1(c2nc3c(F)c(F)ccc3[nH]2)CCOC1. The fourth-order valence-electron chi connectivity index (χ4n) is 2.02. The molecule has 6 heteroatoms. The van der Waals surface area contributed by atoms with E-state index >= 15 is 0 Å². The number of nitrogens with one attached hydrogen (secondary N) is 1. The van der Waals surface area contributed by atoms with Gasteiger partial charge >= 0.3 is 0 Å². The van der Waals surface area contributed by atoms with Crippen LogP contribution in [-0.4, -0.2) is 23.2 Å². The highest BCUT2D eigenvalue weighted by Gasteiger charge is 2.35. The van der Waals surface area contributed by atoms with Crippen LogP contribution in [0.3, 0.4) is 0 Å². The third-order valence-corrected chi connectivity index (χ3v) is 3.07. The Kier molecular flexibility index (Phi) is 2.17. The van der Waals surface area contributed by atoms with E-state index in [1.54, 1.807) is 0 Å². The smallest absolute Gasteiger partial charge is 0.186 e. The molecule has 3 rings (SSSR count). The second kappa shape index (κ2) is 3.48. The molecule has 17 heavy (non-hydrogen) atoms. The number of halogens is 2. The molecule has 4 nitrogen and oxygen atoms in total. The molecule has 1 aliphatic heterocycles. The largest absolute Gasteiger partial charge is 0.379 e. The number of nitrogens with two attached hydrogens (primary N) is 1. The van der Waals surface area contributed by atoms with Crippen LogP contribution >= 0.6 is 0 Å². The van der Waals surface area contributed by atoms with E-state index in [1.807, 2.05) is 0 Å². The zero-order valence-corrected chi connectivity index (χ0v) is 8.96. The first-order valence-electron chi connectivity index (χ1n) is 5.31. The maximum absolute atomic E-state index is 13.5. The number of imidazole rings is 1. The predicted molar refractivity (Wildman–Crippen MR) is 57.3 cm³/mol. The molecule has 0 spiro atoms. The average Bonchev–Trinajstić information content (AvgIpc) is 2.91. The first-order valence-corrected chi connectivity index (χ1v) is 5.31. The molecule has 1 unspecified atom stereocenters. The van der Waals surface area contributed by atoms with E-state index < -0.39 is 17.2 Å². The van der Waals surface area contributed by atoms with Crippen LogP contribution in [0, 0.1) is 11.6 Å². The minimum absolute atomic E-state index is 0.0169. The van der Waals surface area contributed by atoms with Crippen LogP contribution < -0.4 is 5.73 Å². The van der Waals surface area contributed by atoms with Gasteiger partial charge in [-0.3, -0.25) is 0 Å². The molecular formula is C11H11F2N3O. The lowest BCUT2D eigenvalue weighted by atomic mass is 10.00. The fraction of sp³-hybridized carbons (Fsp3) is 0.364. The second-order valence-corrected chi connectivity index (χ2v) is 4.30. The molecule has 1 atom stereocenters. The Morgan fingerprint density at radius 3 is 2.94 bits per heavy atom. The van der Waals surface area contributed by atoms with Crippen molar-refractivity contribution in [1.29, 1.82) is 0 Å². The van der Waals surface area contributed by atoms with Gasteiger partial charge in [0.25, 0.3) is 0 Å². The Morgan fingerprint density at radius 2 is 2.24 bits per heavy atom. The topological polar surface area (TPSA) is 63.9 Å². The van der Waals surface area contributed by atoms with Crippen molar-refractivity contribution in [3.63, 3.8) is 0 Å². The number of nitrogens with zero attached hydrogens (tertiary/aromatic N) is 1. The highest BCUT2D eigenvalue weighted by molar-refractivity contribution is 5.76. The van der Waals surface area contributed by atoms with Gasteiger partial charge in [-0.1, -0.05) is 0 Å². The third-order valence-electron chi connectivity index (χ3n) is 3.07. The minimum atomic E-state index is -0.951. The van der Waals surface area contributed by atoms with Crippen molar-refractivity contribution < 1.29 is 13.5 Å². The van der Waals surface area contributed by atoms with Crippen LogP contribution in [0.25, 0.3) is 11.0 Å². The summed E-state index contributed by atoms with van der Waals surface area (Å²) in [7, 11) is 0. The maximum Gasteiger partial charge on any atom is 0.186 e. The number of H-pyrrole nitrogens is 1. The number of benzene rings is 1. The van der Waals surface area contributed by atoms with Gasteiger partial charge < -0.3 is 15.5 Å². The highest BCUT2D eigenvalue weighted by atomic mass is 19.2. The van der Waals surface area contributed by atoms with Crippen molar-refractivity contribution in [3.05, 3.63) is 29.6 Å². The average molecular weight is 239 g/mol. The van der Waals surface area contributed by atoms with Crippen molar-refractivity contribution in [2.24, 2.45) is 5.73 Å². The molecule has 1 fully saturated rings. The Bertz CT molecular complexity index is 575. The number of hydrogen-bond acceptors (Lipinski definition) is 3. The van der Waals surface area contributed by atoms with Crippen molar-refractivity contribution >= 4 is 11.0 Å². The predicted octanol–water partition coefficient (Wildman–Crippen LogP) is 1.42. The molecule has 1 saturated heterocycles. The first kappa shape index (κ1) is 10.6. The van der Waals surface area contributed by atoms with Gasteiger partial charge in [0, 0.05) is 6.61 Å². The summed E-state index contributed by atoms with van der Waals surface area (Å²) in [6, 6.07) is 2.51. The number of ether oxygens (including phenoxy) is 1. The molecule has 0 aliphatic carbocycles. The summed E-state index contributed by atoms with van der Waals surface area (Å²) in [5.41, 5.74) is 5.79. The summed E-state index contributed by atoms with van der Waals surface area (Å²) in [4.78, 5) is 6.97. The number of hydrogen-bond donors (Lipinski definition) is 2. The van der Waals surface area contributed by atoms with Gasteiger partial charge in [-0.15, -0.1) is 0 Å². The monoisotopic (exact) mass is 239 g/mol. The van der Waals surface area contributed by atoms with Crippen molar-refractivity contribution in [3.8, 4) is 0 Å². The number of fused-ring (bicyclic) bond motifs is 1. The van der Waals surface area contributed by atoms with Crippen molar-refractivity contribution in [2.75, 3.05) is 13.2 Å². The van der Waals surface area contributed by atoms with E-state index in [4.69, 9.17) is 10.5 Å². The highest BCUT2D eigenvalue weighted by Crippen LogP contribution is 2.28. The van der Waals surface area contributed by atoms with Gasteiger partial charge in [0.15, 0.2) is 11.6 Å². The summed E-state index contributed by atoms with van der Waals surface area (Å²) in [5.74, 6) is -1.42. The van der Waals surface area contributed by atoms with Gasteiger partial charge in [-0.25, -0.2) is 13.8 Å². The summed E-state index contributed by atoms with van der Waals surface area (Å²) in [6.07, 6.45) is 0.608. The number of aromatic amines is 1. The van der Waals surface area contributed by atoms with Gasteiger partial charge in [0.1, 0.15) is 16.9 Å². The van der Waals surface area contributed by atoms with E-state index in [0.29, 0.717) is 31.0 Å². The lowest BCUT2D eigenvalue weighted by Crippen LogP contribution is -2.38. The van der Waals surface area contributed by atoms with Crippen LogP contribution in [0.4, 0.5) is 8.78 Å². The molecule has 2 heterocycles. The molecule has 3 N–H and O–H groups in total. The quantitative estimate of drug-likeness (QED) is 0.791. The van der Waals surface area contributed by atoms with Gasteiger partial charge in [-0.2, -0.15) is 0 Å². The molecule has 90 valence electrons. The number of rotatable bonds is 1. The normalized spacial score (nSPS) is 24.6. The molecule has 1 aromatic heterocycles. The molecule has 0 bridgehead atoms. The zero-order chi connectivity index (χ0) is 12.0. The maximum atomic E-state index is 13.5. The molecule has 0 saturated carbocycles. The van der Waals surface area contributed by atoms with Crippen LogP contribution in [0.1, 0.15) is 12.2 Å². The standard InChI is InChI=1S/C11H11F2N3O/c12-6-1-2-7-9(8(6)13)16-10(15-7)11(14)3-4-17-5-11/h1-2H,3-5,14H2,(H,15,16). The Hall–Kier alpha value is -1.53. The van der Waals surface area contributed by atoms with E-state index in [9.17, 15) is 8.78 Å². The second-order valence-electron chi connectivity index (χ2n) is 4.30. The van der Waals surface area contributed by atoms with E-state index in [-0.39, 0.29) is 5.52 Å². The van der Waals surface area contributed by atoms with Gasteiger partial charge in [0.05, 0.1) is 12.1 Å². The van der Waals surface area contributed by atoms with E-state index in [1.165, 1.54) is 6.07 Å². The summed E-state index contributed by atoms with van der Waals surface area (Å²) in [5, 5.41) is 0. The lowest BCUT2D eigenvalue weighted by molar-refractivity contribution is 0.176. The van der Waals surface area contributed by atoms with Crippen LogP contribution in [0.15, 0.2) is 12.1 Å². The van der Waals surface area contributed by atoms with E-state index in [2.05, 4.69) is 9.97 Å². The Balaban J connectivity index is 2.17. The van der Waals surface area contributed by atoms with Crippen LogP contribution in [0.2, 0.25) is 0 Å². The van der Waals surface area contributed by atoms with Gasteiger partial charge in [-0.05, 0) is 18.6 Å². The lowest BCUT2D eigenvalue weighted by Gasteiger charge is -2.17. The minimum Gasteiger partial charge on any atom is -0.379 e.